The number of unbranched alkanes of at least 4 members (excludes halogenated alkanes) is 4. The molecule has 0 bridgehead atoms. The summed E-state index contributed by atoms with van der Waals surface area (Å²) in [6.07, 6.45) is 6.84. The average molecular weight is 196 g/mol. The molecule has 0 aromatic carbocycles. The maximum absolute atomic E-state index is 10.7. The lowest BCUT2D eigenvalue weighted by Crippen LogP contribution is -1.98. The molecular formula is C12H20O2. The van der Waals surface area contributed by atoms with Gasteiger partial charge in [0.05, 0.1) is 7.11 Å². The van der Waals surface area contributed by atoms with Crippen LogP contribution in [0.4, 0.5) is 0 Å². The third-order valence-electron chi connectivity index (χ3n) is 1.96. The van der Waals surface area contributed by atoms with E-state index in [-0.39, 0.29) is 5.97 Å². The zero-order chi connectivity index (χ0) is 10.6. The molecule has 0 aromatic heterocycles. The van der Waals surface area contributed by atoms with Crippen molar-refractivity contribution < 1.29 is 9.53 Å². The molecule has 0 aliphatic rings. The molecule has 0 aliphatic heterocycles. The van der Waals surface area contributed by atoms with Crippen molar-refractivity contribution in [2.24, 2.45) is 0 Å². The zero-order valence-electron chi connectivity index (χ0n) is 9.27. The van der Waals surface area contributed by atoms with E-state index in [4.69, 9.17) is 0 Å². The fourth-order valence-electron chi connectivity index (χ4n) is 1.15. The van der Waals surface area contributed by atoms with Gasteiger partial charge in [-0.3, -0.25) is 4.79 Å². The number of rotatable bonds is 6. The third kappa shape index (κ3) is 9.12. The van der Waals surface area contributed by atoms with Crippen LogP contribution in [0.25, 0.3) is 0 Å². The van der Waals surface area contributed by atoms with Crippen LogP contribution in [0.2, 0.25) is 0 Å². The van der Waals surface area contributed by atoms with Gasteiger partial charge in [-0.1, -0.05) is 19.8 Å². The number of hydrogen-bond acceptors (Lipinski definition) is 2. The smallest absolute Gasteiger partial charge is 0.305 e. The van der Waals surface area contributed by atoms with Crippen molar-refractivity contribution >= 4 is 5.97 Å². The molecule has 0 atom stereocenters. The van der Waals surface area contributed by atoms with Crippen LogP contribution in [0, 0.1) is 11.8 Å². The van der Waals surface area contributed by atoms with Gasteiger partial charge in [-0.05, 0) is 12.8 Å². The van der Waals surface area contributed by atoms with Gasteiger partial charge >= 0.3 is 5.97 Å². The van der Waals surface area contributed by atoms with Crippen molar-refractivity contribution in [3.63, 3.8) is 0 Å². The van der Waals surface area contributed by atoms with Crippen LogP contribution in [0.3, 0.4) is 0 Å². The number of carbonyl (C=O) groups is 1. The molecule has 0 rings (SSSR count). The Bertz CT molecular complexity index is 198. The Hall–Kier alpha value is -0.970. The molecular weight excluding hydrogens is 176 g/mol. The fourth-order valence-corrected chi connectivity index (χ4v) is 1.15. The predicted octanol–water partition coefficient (Wildman–Crippen LogP) is 2.91. The van der Waals surface area contributed by atoms with Gasteiger partial charge in [0.1, 0.15) is 0 Å². The first kappa shape index (κ1) is 13.0. The number of hydrogen-bond donors (Lipinski definition) is 0. The molecule has 0 heterocycles. The predicted molar refractivity (Wildman–Crippen MR) is 57.8 cm³/mol. The molecule has 0 amide bonds. The summed E-state index contributed by atoms with van der Waals surface area (Å²) < 4.78 is 4.55. The van der Waals surface area contributed by atoms with Gasteiger partial charge in [0.15, 0.2) is 0 Å². The van der Waals surface area contributed by atoms with E-state index in [1.54, 1.807) is 0 Å². The van der Waals surface area contributed by atoms with Crippen LogP contribution in [0.1, 0.15) is 51.9 Å². The Morgan fingerprint density at radius 3 is 2.50 bits per heavy atom. The molecule has 0 unspecified atom stereocenters. The van der Waals surface area contributed by atoms with Gasteiger partial charge < -0.3 is 4.74 Å². The highest BCUT2D eigenvalue weighted by Crippen LogP contribution is 2.05. The molecule has 0 saturated heterocycles. The summed E-state index contributed by atoms with van der Waals surface area (Å²) in [5, 5.41) is 0. The molecule has 0 aromatic rings. The lowest BCUT2D eigenvalue weighted by molar-refractivity contribution is -0.140. The number of carbonyl (C=O) groups excluding carboxylic acids is 1. The SMILES string of the molecule is CCC#CCCCCCCC(=O)OC. The number of methoxy groups -OCH3 is 1. The van der Waals surface area contributed by atoms with E-state index in [0.717, 1.165) is 38.5 Å². The van der Waals surface area contributed by atoms with Gasteiger partial charge in [0.2, 0.25) is 0 Å². The van der Waals surface area contributed by atoms with Crippen molar-refractivity contribution in [1.29, 1.82) is 0 Å². The minimum Gasteiger partial charge on any atom is -0.469 e. The summed E-state index contributed by atoms with van der Waals surface area (Å²) in [5.74, 6) is 6.05. The lowest BCUT2D eigenvalue weighted by Gasteiger charge is -1.98. The maximum Gasteiger partial charge on any atom is 0.305 e. The molecule has 0 spiro atoms. The van der Waals surface area contributed by atoms with Gasteiger partial charge in [-0.25, -0.2) is 0 Å². The van der Waals surface area contributed by atoms with E-state index in [2.05, 4.69) is 23.5 Å². The Labute approximate surface area is 87.0 Å². The topological polar surface area (TPSA) is 26.3 Å². The molecule has 80 valence electrons. The van der Waals surface area contributed by atoms with Crippen molar-refractivity contribution in [2.45, 2.75) is 51.9 Å². The molecule has 0 radical (unpaired) electrons. The summed E-state index contributed by atoms with van der Waals surface area (Å²) >= 11 is 0. The first-order chi connectivity index (χ1) is 6.81. The van der Waals surface area contributed by atoms with Gasteiger partial charge in [0.25, 0.3) is 0 Å². The first-order valence-corrected chi connectivity index (χ1v) is 5.33. The molecule has 0 fully saturated rings. The average Bonchev–Trinajstić information content (AvgIpc) is 2.21. The highest BCUT2D eigenvalue weighted by Gasteiger charge is 1.98. The molecule has 14 heavy (non-hydrogen) atoms. The maximum atomic E-state index is 10.7. The lowest BCUT2D eigenvalue weighted by atomic mass is 10.1. The zero-order valence-corrected chi connectivity index (χ0v) is 9.27. The second-order valence-corrected chi connectivity index (χ2v) is 3.20. The van der Waals surface area contributed by atoms with E-state index in [9.17, 15) is 4.79 Å². The minimum absolute atomic E-state index is 0.101. The quantitative estimate of drug-likeness (QED) is 0.371. The molecule has 0 aliphatic carbocycles. The van der Waals surface area contributed by atoms with Crippen molar-refractivity contribution in [3.05, 3.63) is 0 Å². The second kappa shape index (κ2) is 10.1. The fraction of sp³-hybridized carbons (Fsp3) is 0.750. The summed E-state index contributed by atoms with van der Waals surface area (Å²) in [7, 11) is 1.43. The van der Waals surface area contributed by atoms with Crippen LogP contribution >= 0.6 is 0 Å². The highest BCUT2D eigenvalue weighted by atomic mass is 16.5. The number of ether oxygens (including phenoxy) is 1. The van der Waals surface area contributed by atoms with Crippen molar-refractivity contribution in [1.82, 2.24) is 0 Å². The van der Waals surface area contributed by atoms with E-state index in [1.165, 1.54) is 7.11 Å². The monoisotopic (exact) mass is 196 g/mol. The Kier molecular flexibility index (Phi) is 9.41. The standard InChI is InChI=1S/C12H20O2/c1-3-4-5-6-7-8-9-10-11-12(13)14-2/h3,6-11H2,1-2H3. The van der Waals surface area contributed by atoms with Crippen LogP contribution < -0.4 is 0 Å². The van der Waals surface area contributed by atoms with Crippen LogP contribution in [0.15, 0.2) is 0 Å². The van der Waals surface area contributed by atoms with Crippen LogP contribution in [-0.4, -0.2) is 13.1 Å². The van der Waals surface area contributed by atoms with E-state index < -0.39 is 0 Å². The molecule has 2 nitrogen and oxygen atoms in total. The largest absolute Gasteiger partial charge is 0.469 e. The van der Waals surface area contributed by atoms with Crippen molar-refractivity contribution in [2.75, 3.05) is 7.11 Å². The van der Waals surface area contributed by atoms with Gasteiger partial charge in [-0.15, -0.1) is 11.8 Å². The van der Waals surface area contributed by atoms with Gasteiger partial charge in [0, 0.05) is 19.3 Å². The molecule has 0 N–H and O–H groups in total. The molecule has 0 saturated carbocycles. The third-order valence-corrected chi connectivity index (χ3v) is 1.96. The Morgan fingerprint density at radius 1 is 1.14 bits per heavy atom. The van der Waals surface area contributed by atoms with E-state index >= 15 is 0 Å². The Morgan fingerprint density at radius 2 is 1.86 bits per heavy atom. The summed E-state index contributed by atoms with van der Waals surface area (Å²) in [4.78, 5) is 10.7. The Balaban J connectivity index is 3.10. The van der Waals surface area contributed by atoms with Gasteiger partial charge in [-0.2, -0.15) is 0 Å². The van der Waals surface area contributed by atoms with Crippen LogP contribution in [-0.2, 0) is 9.53 Å². The normalized spacial score (nSPS) is 9.00. The summed E-state index contributed by atoms with van der Waals surface area (Å²) in [6, 6.07) is 0. The summed E-state index contributed by atoms with van der Waals surface area (Å²) in [5.41, 5.74) is 0. The summed E-state index contributed by atoms with van der Waals surface area (Å²) in [6.45, 7) is 2.06. The highest BCUT2D eigenvalue weighted by molar-refractivity contribution is 5.68. The van der Waals surface area contributed by atoms with E-state index in [0.29, 0.717) is 6.42 Å². The van der Waals surface area contributed by atoms with Crippen molar-refractivity contribution in [3.8, 4) is 11.8 Å². The second-order valence-electron chi connectivity index (χ2n) is 3.20. The minimum atomic E-state index is -0.101. The molecule has 2 heteroatoms. The van der Waals surface area contributed by atoms with E-state index in [1.807, 2.05) is 0 Å². The van der Waals surface area contributed by atoms with Crippen LogP contribution in [0.5, 0.6) is 0 Å². The first-order valence-electron chi connectivity index (χ1n) is 5.33. The number of esters is 1.